The van der Waals surface area contributed by atoms with Gasteiger partial charge in [-0.3, -0.25) is 4.79 Å². The molecule has 0 radical (unpaired) electrons. The molecule has 1 aromatic heterocycles. The fourth-order valence-corrected chi connectivity index (χ4v) is 4.09. The van der Waals surface area contributed by atoms with Crippen molar-refractivity contribution in [2.75, 3.05) is 26.9 Å². The van der Waals surface area contributed by atoms with Crippen LogP contribution in [0.3, 0.4) is 0 Å². The highest BCUT2D eigenvalue weighted by Gasteiger charge is 2.35. The van der Waals surface area contributed by atoms with Crippen LogP contribution in [0.5, 0.6) is 5.75 Å². The minimum absolute atomic E-state index is 0.0544. The molecule has 1 aliphatic heterocycles. The average molecular weight is 477 g/mol. The molecule has 6 nitrogen and oxygen atoms in total. The third-order valence-corrected chi connectivity index (χ3v) is 6.05. The quantitative estimate of drug-likeness (QED) is 0.531. The van der Waals surface area contributed by atoms with E-state index in [0.717, 1.165) is 17.7 Å². The predicted octanol–water partition coefficient (Wildman–Crippen LogP) is 4.52. The number of nitrogens with one attached hydrogen (secondary N) is 1. The molecule has 4 rings (SSSR count). The Hall–Kier alpha value is -3.40. The van der Waals surface area contributed by atoms with Crippen molar-refractivity contribution in [1.29, 1.82) is 0 Å². The third-order valence-electron chi connectivity index (χ3n) is 6.05. The molecular weight excluding hydrogens is 454 g/mol. The number of amides is 1. The van der Waals surface area contributed by atoms with Gasteiger partial charge in [-0.05, 0) is 48.7 Å². The molecule has 180 valence electrons. The molecular formula is C24H23F4N3O3. The standard InChI is InChI=1S/C24H23F4N3O3/c1-33-20-14-31(19-4-2-3-17(13-19)24(26,27)28)30-21(20)22(32)29-15-23(9-11-34-12-10-23)16-5-7-18(25)8-6-16/h2-8,13-14H,9-12,15H2,1H3,(H,29,32). The monoisotopic (exact) mass is 477 g/mol. The zero-order valence-corrected chi connectivity index (χ0v) is 18.4. The maximum atomic E-state index is 13.4. The van der Waals surface area contributed by atoms with Crippen molar-refractivity contribution in [3.05, 3.63) is 77.4 Å². The van der Waals surface area contributed by atoms with Crippen LogP contribution in [0.2, 0.25) is 0 Å². The van der Waals surface area contributed by atoms with Crippen LogP contribution in [0.4, 0.5) is 17.6 Å². The van der Waals surface area contributed by atoms with Crippen molar-refractivity contribution in [2.24, 2.45) is 0 Å². The van der Waals surface area contributed by atoms with Gasteiger partial charge in [-0.1, -0.05) is 18.2 Å². The molecule has 0 unspecified atom stereocenters. The smallest absolute Gasteiger partial charge is 0.416 e. The lowest BCUT2D eigenvalue weighted by atomic mass is 9.74. The van der Waals surface area contributed by atoms with Gasteiger partial charge >= 0.3 is 6.18 Å². The maximum absolute atomic E-state index is 13.4. The number of benzene rings is 2. The molecule has 1 fully saturated rings. The van der Waals surface area contributed by atoms with Crippen molar-refractivity contribution in [1.82, 2.24) is 15.1 Å². The van der Waals surface area contributed by atoms with E-state index < -0.39 is 23.1 Å². The minimum Gasteiger partial charge on any atom is -0.493 e. The molecule has 0 saturated carbocycles. The van der Waals surface area contributed by atoms with E-state index in [1.165, 1.54) is 42.3 Å². The van der Waals surface area contributed by atoms with Crippen molar-refractivity contribution in [3.63, 3.8) is 0 Å². The van der Waals surface area contributed by atoms with Crippen LogP contribution < -0.4 is 10.1 Å². The Morgan fingerprint density at radius 2 is 1.88 bits per heavy atom. The molecule has 0 bridgehead atoms. The number of alkyl halides is 3. The Bertz CT molecular complexity index is 1150. The Balaban J connectivity index is 1.57. The lowest BCUT2D eigenvalue weighted by Crippen LogP contribution is -2.44. The van der Waals surface area contributed by atoms with Crippen LogP contribution in [-0.4, -0.2) is 42.6 Å². The van der Waals surface area contributed by atoms with E-state index in [9.17, 15) is 22.4 Å². The van der Waals surface area contributed by atoms with E-state index >= 15 is 0 Å². The Kier molecular flexibility index (Phi) is 6.60. The molecule has 1 saturated heterocycles. The fourth-order valence-electron chi connectivity index (χ4n) is 4.09. The summed E-state index contributed by atoms with van der Waals surface area (Å²) in [5, 5.41) is 7.06. The first kappa shape index (κ1) is 23.7. The first-order valence-electron chi connectivity index (χ1n) is 10.7. The number of methoxy groups -OCH3 is 1. The van der Waals surface area contributed by atoms with Crippen molar-refractivity contribution in [3.8, 4) is 11.4 Å². The molecule has 3 aromatic rings. The number of carbonyl (C=O) groups excluding carboxylic acids is 1. The van der Waals surface area contributed by atoms with E-state index in [-0.39, 0.29) is 29.5 Å². The van der Waals surface area contributed by atoms with Crippen LogP contribution in [-0.2, 0) is 16.3 Å². The molecule has 34 heavy (non-hydrogen) atoms. The lowest BCUT2D eigenvalue weighted by molar-refractivity contribution is -0.137. The number of hydrogen-bond donors (Lipinski definition) is 1. The third kappa shape index (κ3) is 4.91. The van der Waals surface area contributed by atoms with Crippen LogP contribution in [0.25, 0.3) is 5.69 Å². The Labute approximate surface area is 193 Å². The highest BCUT2D eigenvalue weighted by molar-refractivity contribution is 5.95. The second-order valence-electron chi connectivity index (χ2n) is 8.12. The van der Waals surface area contributed by atoms with Gasteiger partial charge in [0.25, 0.3) is 5.91 Å². The summed E-state index contributed by atoms with van der Waals surface area (Å²) in [6.07, 6.45) is -1.89. The molecule has 1 aliphatic rings. The molecule has 0 spiro atoms. The summed E-state index contributed by atoms with van der Waals surface area (Å²) in [6.45, 7) is 1.25. The molecule has 2 heterocycles. The number of halogens is 4. The summed E-state index contributed by atoms with van der Waals surface area (Å²) >= 11 is 0. The number of aromatic nitrogens is 2. The molecule has 2 aromatic carbocycles. The summed E-state index contributed by atoms with van der Waals surface area (Å²) in [5.74, 6) is -0.756. The number of rotatable bonds is 6. The lowest BCUT2D eigenvalue weighted by Gasteiger charge is -2.37. The minimum atomic E-state index is -4.51. The summed E-state index contributed by atoms with van der Waals surface area (Å²) in [6, 6.07) is 10.8. The van der Waals surface area contributed by atoms with Crippen LogP contribution in [0.1, 0.15) is 34.5 Å². The zero-order valence-electron chi connectivity index (χ0n) is 18.4. The first-order chi connectivity index (χ1) is 16.2. The predicted molar refractivity (Wildman–Crippen MR) is 116 cm³/mol. The number of nitrogens with zero attached hydrogens (tertiary/aromatic N) is 2. The molecule has 1 N–H and O–H groups in total. The summed E-state index contributed by atoms with van der Waals surface area (Å²) in [7, 11) is 1.35. The Morgan fingerprint density at radius 1 is 1.18 bits per heavy atom. The fraction of sp³-hybridized carbons (Fsp3) is 0.333. The SMILES string of the molecule is COc1cn(-c2cccc(C(F)(F)F)c2)nc1C(=O)NCC1(c2ccc(F)cc2)CCOCC1. The van der Waals surface area contributed by atoms with Crippen molar-refractivity contribution >= 4 is 5.91 Å². The van der Waals surface area contributed by atoms with Gasteiger partial charge in [0.05, 0.1) is 24.6 Å². The summed E-state index contributed by atoms with van der Waals surface area (Å²) < 4.78 is 64.6. The normalized spacial score (nSPS) is 15.7. The summed E-state index contributed by atoms with van der Waals surface area (Å²) in [5.41, 5.74) is -0.302. The van der Waals surface area contributed by atoms with E-state index in [0.29, 0.717) is 26.1 Å². The zero-order chi connectivity index (χ0) is 24.3. The molecule has 0 aliphatic carbocycles. The molecule has 1 amide bonds. The van der Waals surface area contributed by atoms with Gasteiger partial charge in [0, 0.05) is 25.2 Å². The van der Waals surface area contributed by atoms with Gasteiger partial charge in [0.2, 0.25) is 0 Å². The number of ether oxygens (including phenoxy) is 2. The molecule has 0 atom stereocenters. The van der Waals surface area contributed by atoms with Crippen LogP contribution in [0, 0.1) is 5.82 Å². The highest BCUT2D eigenvalue weighted by Crippen LogP contribution is 2.35. The van der Waals surface area contributed by atoms with E-state index in [4.69, 9.17) is 9.47 Å². The van der Waals surface area contributed by atoms with Crippen molar-refractivity contribution < 1.29 is 31.8 Å². The van der Waals surface area contributed by atoms with Crippen LogP contribution >= 0.6 is 0 Å². The second kappa shape index (κ2) is 9.46. The first-order valence-corrected chi connectivity index (χ1v) is 10.7. The van der Waals surface area contributed by atoms with Gasteiger partial charge < -0.3 is 14.8 Å². The van der Waals surface area contributed by atoms with Gasteiger partial charge in [0.1, 0.15) is 5.82 Å². The van der Waals surface area contributed by atoms with Crippen LogP contribution in [0.15, 0.2) is 54.7 Å². The van der Waals surface area contributed by atoms with Crippen molar-refractivity contribution in [2.45, 2.75) is 24.4 Å². The highest BCUT2D eigenvalue weighted by atomic mass is 19.4. The van der Waals surface area contributed by atoms with E-state index in [1.54, 1.807) is 12.1 Å². The van der Waals surface area contributed by atoms with Gasteiger partial charge in [-0.25, -0.2) is 9.07 Å². The second-order valence-corrected chi connectivity index (χ2v) is 8.12. The maximum Gasteiger partial charge on any atom is 0.416 e. The van der Waals surface area contributed by atoms with E-state index in [1.807, 2.05) is 0 Å². The van der Waals surface area contributed by atoms with Gasteiger partial charge in [0.15, 0.2) is 11.4 Å². The van der Waals surface area contributed by atoms with Gasteiger partial charge in [-0.15, -0.1) is 0 Å². The average Bonchev–Trinajstić information content (AvgIpc) is 3.28. The Morgan fingerprint density at radius 3 is 2.53 bits per heavy atom. The van der Waals surface area contributed by atoms with Gasteiger partial charge in [-0.2, -0.15) is 18.3 Å². The number of carbonyl (C=O) groups is 1. The van der Waals surface area contributed by atoms with E-state index in [2.05, 4.69) is 10.4 Å². The molecule has 10 heteroatoms. The number of hydrogen-bond acceptors (Lipinski definition) is 4. The largest absolute Gasteiger partial charge is 0.493 e. The summed E-state index contributed by atoms with van der Waals surface area (Å²) in [4.78, 5) is 13.0. The topological polar surface area (TPSA) is 65.4 Å².